The maximum absolute atomic E-state index is 12.1. The summed E-state index contributed by atoms with van der Waals surface area (Å²) < 4.78 is 5.04. The average molecular weight is 244 g/mol. The Kier molecular flexibility index (Phi) is 3.63. The van der Waals surface area contributed by atoms with Crippen molar-refractivity contribution in [2.45, 2.75) is 25.9 Å². The van der Waals surface area contributed by atoms with Gasteiger partial charge in [0.2, 0.25) is 5.91 Å². The quantitative estimate of drug-likeness (QED) is 0.885. The Hall–Kier alpha value is -1.86. The number of nitriles is 1. The van der Waals surface area contributed by atoms with Gasteiger partial charge in [-0.25, -0.2) is 0 Å². The van der Waals surface area contributed by atoms with Crippen molar-refractivity contribution >= 4 is 11.6 Å². The summed E-state index contributed by atoms with van der Waals surface area (Å²) in [6.45, 7) is 0.507. The van der Waals surface area contributed by atoms with Crippen LogP contribution in [0.3, 0.4) is 0 Å². The van der Waals surface area contributed by atoms with Gasteiger partial charge in [-0.3, -0.25) is 4.79 Å². The summed E-state index contributed by atoms with van der Waals surface area (Å²) >= 11 is 0. The lowest BCUT2D eigenvalue weighted by Crippen LogP contribution is -2.40. The van der Waals surface area contributed by atoms with Gasteiger partial charge in [-0.05, 0) is 37.0 Å². The van der Waals surface area contributed by atoms with Crippen molar-refractivity contribution in [3.8, 4) is 6.07 Å². The van der Waals surface area contributed by atoms with Gasteiger partial charge in [-0.15, -0.1) is 0 Å². The van der Waals surface area contributed by atoms with Crippen LogP contribution in [0.2, 0.25) is 0 Å². The summed E-state index contributed by atoms with van der Waals surface area (Å²) in [7, 11) is 1.63. The zero-order valence-corrected chi connectivity index (χ0v) is 10.4. The molecule has 4 nitrogen and oxygen atoms in total. The average Bonchev–Trinajstić information content (AvgIpc) is 2.29. The molecular formula is C14H16N2O2. The van der Waals surface area contributed by atoms with Crippen molar-refractivity contribution in [2.75, 3.05) is 12.4 Å². The minimum atomic E-state index is -0.808. The van der Waals surface area contributed by atoms with E-state index in [4.69, 9.17) is 10.00 Å². The van der Waals surface area contributed by atoms with Crippen LogP contribution < -0.4 is 5.32 Å². The van der Waals surface area contributed by atoms with E-state index in [1.54, 1.807) is 7.11 Å². The van der Waals surface area contributed by atoms with Crippen LogP contribution in [-0.4, -0.2) is 13.0 Å². The number of methoxy groups -OCH3 is 1. The lowest BCUT2D eigenvalue weighted by atomic mass is 9.69. The molecule has 1 aliphatic rings. The number of nitrogens with zero attached hydrogens (tertiary/aromatic N) is 1. The van der Waals surface area contributed by atoms with Gasteiger partial charge in [-0.2, -0.15) is 5.26 Å². The van der Waals surface area contributed by atoms with E-state index < -0.39 is 5.41 Å². The minimum absolute atomic E-state index is 0.189. The Morgan fingerprint density at radius 3 is 2.89 bits per heavy atom. The number of carbonyl (C=O) groups excluding carboxylic acids is 1. The SMILES string of the molecule is COCc1cccc(NC(=O)C2(C#N)CCC2)c1. The molecule has 0 radical (unpaired) electrons. The Balaban J connectivity index is 2.07. The fraction of sp³-hybridized carbons (Fsp3) is 0.429. The normalized spacial score (nSPS) is 16.4. The molecule has 0 bridgehead atoms. The molecule has 1 aromatic carbocycles. The van der Waals surface area contributed by atoms with Crippen LogP contribution in [0.5, 0.6) is 0 Å². The van der Waals surface area contributed by atoms with Crippen LogP contribution in [0.15, 0.2) is 24.3 Å². The van der Waals surface area contributed by atoms with Crippen molar-refractivity contribution in [3.63, 3.8) is 0 Å². The molecule has 1 saturated carbocycles. The van der Waals surface area contributed by atoms with Crippen LogP contribution >= 0.6 is 0 Å². The summed E-state index contributed by atoms with van der Waals surface area (Å²) in [5, 5.41) is 11.9. The molecule has 4 heteroatoms. The zero-order valence-electron chi connectivity index (χ0n) is 10.4. The predicted molar refractivity (Wildman–Crippen MR) is 67.7 cm³/mol. The molecule has 0 spiro atoms. The van der Waals surface area contributed by atoms with E-state index in [0.717, 1.165) is 17.7 Å². The smallest absolute Gasteiger partial charge is 0.244 e. The third-order valence-corrected chi connectivity index (χ3v) is 3.35. The molecular weight excluding hydrogens is 228 g/mol. The van der Waals surface area contributed by atoms with Gasteiger partial charge in [0.05, 0.1) is 12.7 Å². The van der Waals surface area contributed by atoms with Gasteiger partial charge < -0.3 is 10.1 Å². The molecule has 0 aliphatic heterocycles. The molecule has 1 aromatic rings. The minimum Gasteiger partial charge on any atom is -0.380 e. The molecule has 94 valence electrons. The van der Waals surface area contributed by atoms with E-state index in [0.29, 0.717) is 19.4 Å². The lowest BCUT2D eigenvalue weighted by Gasteiger charge is -2.33. The van der Waals surface area contributed by atoms with Crippen LogP contribution in [0.1, 0.15) is 24.8 Å². The summed E-state index contributed by atoms with van der Waals surface area (Å²) in [4.78, 5) is 12.1. The Morgan fingerprint density at radius 2 is 2.33 bits per heavy atom. The summed E-state index contributed by atoms with van der Waals surface area (Å²) in [6.07, 6.45) is 2.27. The Bertz CT molecular complexity index is 487. The molecule has 18 heavy (non-hydrogen) atoms. The van der Waals surface area contributed by atoms with Crippen molar-refractivity contribution in [1.29, 1.82) is 5.26 Å². The molecule has 2 rings (SSSR count). The van der Waals surface area contributed by atoms with Gasteiger partial charge in [-0.1, -0.05) is 12.1 Å². The standard InChI is InChI=1S/C14H16N2O2/c1-18-9-11-4-2-5-12(8-11)16-13(17)14(10-15)6-3-7-14/h2,4-5,8H,3,6-7,9H2,1H3,(H,16,17). The highest BCUT2D eigenvalue weighted by atomic mass is 16.5. The molecule has 0 aromatic heterocycles. The van der Waals surface area contributed by atoms with Crippen molar-refractivity contribution in [1.82, 2.24) is 0 Å². The number of hydrogen-bond donors (Lipinski definition) is 1. The highest BCUT2D eigenvalue weighted by Crippen LogP contribution is 2.41. The molecule has 0 unspecified atom stereocenters. The number of nitrogens with one attached hydrogen (secondary N) is 1. The monoisotopic (exact) mass is 244 g/mol. The molecule has 1 amide bonds. The number of ether oxygens (including phenoxy) is 1. The van der Waals surface area contributed by atoms with Gasteiger partial charge in [0.1, 0.15) is 5.41 Å². The number of rotatable bonds is 4. The van der Waals surface area contributed by atoms with Gasteiger partial charge in [0, 0.05) is 12.8 Å². The van der Waals surface area contributed by atoms with Crippen molar-refractivity contribution in [3.05, 3.63) is 29.8 Å². The Labute approximate surface area is 107 Å². The van der Waals surface area contributed by atoms with E-state index in [2.05, 4.69) is 11.4 Å². The molecule has 0 saturated heterocycles. The molecule has 0 heterocycles. The summed E-state index contributed by atoms with van der Waals surface area (Å²) in [6, 6.07) is 9.62. The van der Waals surface area contributed by atoms with E-state index in [1.165, 1.54) is 0 Å². The maximum Gasteiger partial charge on any atom is 0.244 e. The number of amides is 1. The van der Waals surface area contributed by atoms with Gasteiger partial charge >= 0.3 is 0 Å². The van der Waals surface area contributed by atoms with Crippen LogP contribution in [0.4, 0.5) is 5.69 Å². The van der Waals surface area contributed by atoms with Crippen LogP contribution in [-0.2, 0) is 16.1 Å². The van der Waals surface area contributed by atoms with E-state index in [9.17, 15) is 4.79 Å². The van der Waals surface area contributed by atoms with Crippen molar-refractivity contribution in [2.24, 2.45) is 5.41 Å². The van der Waals surface area contributed by atoms with Crippen LogP contribution in [0.25, 0.3) is 0 Å². The summed E-state index contributed by atoms with van der Waals surface area (Å²) in [5.41, 5.74) is 0.906. The van der Waals surface area contributed by atoms with Gasteiger partial charge in [0.25, 0.3) is 0 Å². The zero-order chi connectivity index (χ0) is 13.0. The first kappa shape index (κ1) is 12.6. The van der Waals surface area contributed by atoms with E-state index >= 15 is 0 Å². The molecule has 1 N–H and O–H groups in total. The first-order valence-electron chi connectivity index (χ1n) is 6.01. The third-order valence-electron chi connectivity index (χ3n) is 3.35. The first-order valence-corrected chi connectivity index (χ1v) is 6.01. The second-order valence-electron chi connectivity index (χ2n) is 4.63. The second kappa shape index (κ2) is 5.19. The topological polar surface area (TPSA) is 62.1 Å². The summed E-state index contributed by atoms with van der Waals surface area (Å²) in [5.74, 6) is -0.189. The lowest BCUT2D eigenvalue weighted by molar-refractivity contribution is -0.126. The molecule has 1 aliphatic carbocycles. The highest BCUT2D eigenvalue weighted by molar-refractivity contribution is 5.97. The predicted octanol–water partition coefficient (Wildman–Crippen LogP) is 2.47. The second-order valence-corrected chi connectivity index (χ2v) is 4.63. The van der Waals surface area contributed by atoms with Gasteiger partial charge in [0.15, 0.2) is 0 Å². The number of benzene rings is 1. The number of anilines is 1. The first-order chi connectivity index (χ1) is 8.70. The third kappa shape index (κ3) is 2.36. The number of carbonyl (C=O) groups is 1. The van der Waals surface area contributed by atoms with Crippen LogP contribution in [0, 0.1) is 16.7 Å². The maximum atomic E-state index is 12.1. The highest BCUT2D eigenvalue weighted by Gasteiger charge is 2.44. The van der Waals surface area contributed by atoms with Crippen molar-refractivity contribution < 1.29 is 9.53 Å². The molecule has 0 atom stereocenters. The Morgan fingerprint density at radius 1 is 1.56 bits per heavy atom. The number of hydrogen-bond acceptors (Lipinski definition) is 3. The largest absolute Gasteiger partial charge is 0.380 e. The fourth-order valence-corrected chi connectivity index (χ4v) is 2.08. The van der Waals surface area contributed by atoms with E-state index in [-0.39, 0.29) is 5.91 Å². The molecule has 1 fully saturated rings. The van der Waals surface area contributed by atoms with E-state index in [1.807, 2.05) is 24.3 Å². The fourth-order valence-electron chi connectivity index (χ4n) is 2.08.